The van der Waals surface area contributed by atoms with Gasteiger partial charge in [-0.05, 0) is 0 Å². The first-order valence-electron chi connectivity index (χ1n) is 3.05. The van der Waals surface area contributed by atoms with Gasteiger partial charge in [-0.1, -0.05) is 15.9 Å². The fourth-order valence-electron chi connectivity index (χ4n) is 0.440. The SMILES string of the molecule is COC(=O)/C(=C/N)N=C(N)CBr. The lowest BCUT2D eigenvalue weighted by Gasteiger charge is -1.98. The minimum atomic E-state index is -0.610. The van der Waals surface area contributed by atoms with Crippen molar-refractivity contribution in [1.29, 1.82) is 0 Å². The molecule has 0 rings (SSSR count). The summed E-state index contributed by atoms with van der Waals surface area (Å²) in [5.41, 5.74) is 10.4. The van der Waals surface area contributed by atoms with E-state index in [4.69, 9.17) is 11.5 Å². The van der Waals surface area contributed by atoms with E-state index in [1.165, 1.54) is 7.11 Å². The van der Waals surface area contributed by atoms with Gasteiger partial charge in [0, 0.05) is 6.20 Å². The van der Waals surface area contributed by atoms with Crippen LogP contribution >= 0.6 is 15.9 Å². The minimum absolute atomic E-state index is 0.00514. The first-order valence-corrected chi connectivity index (χ1v) is 4.17. The average Bonchev–Trinajstić information content (AvgIpc) is 2.12. The van der Waals surface area contributed by atoms with Crippen molar-refractivity contribution < 1.29 is 9.53 Å². The fourth-order valence-corrected chi connectivity index (χ4v) is 0.566. The number of carbonyl (C=O) groups is 1. The van der Waals surface area contributed by atoms with Crippen molar-refractivity contribution in [2.75, 3.05) is 12.4 Å². The summed E-state index contributed by atoms with van der Waals surface area (Å²) in [6, 6.07) is 0. The Morgan fingerprint density at radius 2 is 2.33 bits per heavy atom. The third kappa shape index (κ3) is 3.38. The maximum Gasteiger partial charge on any atom is 0.358 e. The van der Waals surface area contributed by atoms with E-state index in [2.05, 4.69) is 25.7 Å². The summed E-state index contributed by atoms with van der Waals surface area (Å²) < 4.78 is 4.38. The molecule has 12 heavy (non-hydrogen) atoms. The average molecular weight is 236 g/mol. The lowest BCUT2D eigenvalue weighted by atomic mass is 10.5. The lowest BCUT2D eigenvalue weighted by molar-refractivity contribution is -0.136. The van der Waals surface area contributed by atoms with E-state index in [0.717, 1.165) is 6.20 Å². The quantitative estimate of drug-likeness (QED) is 0.231. The van der Waals surface area contributed by atoms with Crippen molar-refractivity contribution in [2.24, 2.45) is 16.5 Å². The molecule has 6 heteroatoms. The molecule has 0 aliphatic carbocycles. The summed E-state index contributed by atoms with van der Waals surface area (Å²) in [6.45, 7) is 0. The Morgan fingerprint density at radius 1 is 1.75 bits per heavy atom. The number of nitrogens with zero attached hydrogens (tertiary/aromatic N) is 1. The molecule has 5 nitrogen and oxygen atoms in total. The molecule has 0 aliphatic rings. The van der Waals surface area contributed by atoms with Crippen LogP contribution in [0.25, 0.3) is 0 Å². The highest BCUT2D eigenvalue weighted by atomic mass is 79.9. The number of amidine groups is 1. The topological polar surface area (TPSA) is 90.7 Å². The first-order chi connectivity index (χ1) is 5.65. The maximum atomic E-state index is 10.8. The van der Waals surface area contributed by atoms with Gasteiger partial charge < -0.3 is 16.2 Å². The van der Waals surface area contributed by atoms with Crippen LogP contribution in [0.4, 0.5) is 0 Å². The summed E-state index contributed by atoms with van der Waals surface area (Å²) in [7, 11) is 1.24. The van der Waals surface area contributed by atoms with E-state index in [1.54, 1.807) is 0 Å². The van der Waals surface area contributed by atoms with E-state index in [9.17, 15) is 4.79 Å². The van der Waals surface area contributed by atoms with Gasteiger partial charge >= 0.3 is 5.97 Å². The van der Waals surface area contributed by atoms with E-state index >= 15 is 0 Å². The zero-order valence-corrected chi connectivity index (χ0v) is 8.17. The number of nitrogens with two attached hydrogens (primary N) is 2. The molecule has 0 radical (unpaired) electrons. The molecule has 0 aliphatic heterocycles. The molecule has 0 unspecified atom stereocenters. The summed E-state index contributed by atoms with van der Waals surface area (Å²) in [6.07, 6.45) is 1.04. The number of carbonyl (C=O) groups excluding carboxylic acids is 1. The largest absolute Gasteiger partial charge is 0.464 e. The number of alkyl halides is 1. The lowest BCUT2D eigenvalue weighted by Crippen LogP contribution is -2.16. The number of rotatable bonds is 3. The second-order valence-corrected chi connectivity index (χ2v) is 2.34. The van der Waals surface area contributed by atoms with Crippen LogP contribution < -0.4 is 11.5 Å². The van der Waals surface area contributed by atoms with Crippen LogP contribution in [0.5, 0.6) is 0 Å². The van der Waals surface area contributed by atoms with E-state index in [1.807, 2.05) is 0 Å². The third-order valence-electron chi connectivity index (χ3n) is 0.953. The Bertz CT molecular complexity index is 225. The van der Waals surface area contributed by atoms with Crippen molar-refractivity contribution in [2.45, 2.75) is 0 Å². The summed E-state index contributed by atoms with van der Waals surface area (Å²) in [5.74, 6) is -0.349. The highest BCUT2D eigenvalue weighted by molar-refractivity contribution is 9.09. The second kappa shape index (κ2) is 5.59. The molecule has 0 aromatic heterocycles. The molecule has 0 saturated carbocycles. The highest BCUT2D eigenvalue weighted by Gasteiger charge is 2.07. The zero-order chi connectivity index (χ0) is 9.56. The highest BCUT2D eigenvalue weighted by Crippen LogP contribution is 1.97. The summed E-state index contributed by atoms with van der Waals surface area (Å²) in [4.78, 5) is 14.5. The molecule has 4 N–H and O–H groups in total. The maximum absolute atomic E-state index is 10.8. The molecule has 0 aromatic rings. The van der Waals surface area contributed by atoms with E-state index in [-0.39, 0.29) is 11.5 Å². The molecular formula is C6H10BrN3O2. The standard InChI is InChI=1S/C6H10BrN3O2/c1-12-6(11)4(3-8)10-5(9)2-7/h3H,2,8H2,1H3,(H2,9,10)/b4-3-. The van der Waals surface area contributed by atoms with Gasteiger partial charge in [0.25, 0.3) is 0 Å². The number of hydrogen-bond acceptors (Lipinski definition) is 4. The molecule has 0 atom stereocenters. The minimum Gasteiger partial charge on any atom is -0.464 e. The van der Waals surface area contributed by atoms with Crippen LogP contribution in [0.1, 0.15) is 0 Å². The number of esters is 1. The van der Waals surface area contributed by atoms with Crippen LogP contribution in [0, 0.1) is 0 Å². The third-order valence-corrected chi connectivity index (χ3v) is 1.53. The van der Waals surface area contributed by atoms with Gasteiger partial charge in [-0.15, -0.1) is 0 Å². The molecule has 0 aromatic carbocycles. The first kappa shape index (κ1) is 11.0. The molecule has 0 fully saturated rings. The van der Waals surface area contributed by atoms with Gasteiger partial charge in [-0.25, -0.2) is 9.79 Å². The predicted octanol–water partition coefficient (Wildman–Crippen LogP) is -0.288. The molecule has 68 valence electrons. The Balaban J connectivity index is 4.50. The second-order valence-electron chi connectivity index (χ2n) is 1.78. The van der Waals surface area contributed by atoms with Crippen molar-refractivity contribution in [3.63, 3.8) is 0 Å². The van der Waals surface area contributed by atoms with Crippen LogP contribution in [0.2, 0.25) is 0 Å². The van der Waals surface area contributed by atoms with E-state index in [0.29, 0.717) is 5.33 Å². The summed E-state index contributed by atoms with van der Waals surface area (Å²) in [5, 5.41) is 0.376. The van der Waals surface area contributed by atoms with Crippen molar-refractivity contribution >= 4 is 27.7 Å². The number of ether oxygens (including phenoxy) is 1. The normalized spacial score (nSPS) is 12.8. The van der Waals surface area contributed by atoms with Crippen LogP contribution in [0.15, 0.2) is 16.9 Å². The van der Waals surface area contributed by atoms with Gasteiger partial charge in [-0.3, -0.25) is 0 Å². The van der Waals surface area contributed by atoms with Gasteiger partial charge in [0.1, 0.15) is 5.84 Å². The molecule has 0 saturated heterocycles. The van der Waals surface area contributed by atoms with E-state index < -0.39 is 5.97 Å². The van der Waals surface area contributed by atoms with Gasteiger partial charge in [-0.2, -0.15) is 0 Å². The number of halogens is 1. The van der Waals surface area contributed by atoms with Gasteiger partial charge in [0.15, 0.2) is 5.70 Å². The molecule has 0 amide bonds. The van der Waals surface area contributed by atoms with Gasteiger partial charge in [0.2, 0.25) is 0 Å². The smallest absolute Gasteiger partial charge is 0.358 e. The molecule has 0 heterocycles. The Labute approximate surface area is 78.6 Å². The zero-order valence-electron chi connectivity index (χ0n) is 6.58. The Hall–Kier alpha value is -1.04. The van der Waals surface area contributed by atoms with Crippen LogP contribution in [0.3, 0.4) is 0 Å². The Morgan fingerprint density at radius 3 is 2.67 bits per heavy atom. The summed E-state index contributed by atoms with van der Waals surface area (Å²) >= 11 is 3.07. The van der Waals surface area contributed by atoms with Crippen LogP contribution in [-0.2, 0) is 9.53 Å². The van der Waals surface area contributed by atoms with Crippen molar-refractivity contribution in [3.8, 4) is 0 Å². The predicted molar refractivity (Wildman–Crippen MR) is 49.7 cm³/mol. The number of hydrogen-bond donors (Lipinski definition) is 2. The molecule has 0 spiro atoms. The van der Waals surface area contributed by atoms with Gasteiger partial charge in [0.05, 0.1) is 12.4 Å². The van der Waals surface area contributed by atoms with Crippen LogP contribution in [-0.4, -0.2) is 24.2 Å². The number of methoxy groups -OCH3 is 1. The van der Waals surface area contributed by atoms with Crippen molar-refractivity contribution in [1.82, 2.24) is 0 Å². The Kier molecular flexibility index (Phi) is 5.11. The van der Waals surface area contributed by atoms with Crippen molar-refractivity contribution in [3.05, 3.63) is 11.9 Å². The molecule has 0 bridgehead atoms. The number of aliphatic imine (C=N–C) groups is 1. The monoisotopic (exact) mass is 235 g/mol. The fraction of sp³-hybridized carbons (Fsp3) is 0.333. The molecular weight excluding hydrogens is 226 g/mol.